The van der Waals surface area contributed by atoms with Gasteiger partial charge in [-0.05, 0) is 40.8 Å². The quantitative estimate of drug-likeness (QED) is 0.824. The van der Waals surface area contributed by atoms with Crippen molar-refractivity contribution < 1.29 is 0 Å². The van der Waals surface area contributed by atoms with Gasteiger partial charge in [-0.1, -0.05) is 13.8 Å². The minimum atomic E-state index is 0.302. The average molecular weight is 313 g/mol. The molecule has 0 atom stereocenters. The van der Waals surface area contributed by atoms with Gasteiger partial charge in [-0.2, -0.15) is 0 Å². The monoisotopic (exact) mass is 313 g/mol. The van der Waals surface area contributed by atoms with Crippen LogP contribution in [-0.4, -0.2) is 9.97 Å². The van der Waals surface area contributed by atoms with Crippen molar-refractivity contribution in [1.82, 2.24) is 9.97 Å². The molecular formula is C11H12IN3. The Morgan fingerprint density at radius 2 is 2.00 bits per heavy atom. The van der Waals surface area contributed by atoms with Crippen LogP contribution < -0.4 is 5.73 Å². The molecule has 0 aliphatic carbocycles. The lowest BCUT2D eigenvalue weighted by atomic mass is 10.2. The maximum absolute atomic E-state index is 5.91. The second-order valence-corrected chi connectivity index (χ2v) is 5.03. The zero-order chi connectivity index (χ0) is 11.0. The number of anilines is 1. The highest BCUT2D eigenvalue weighted by atomic mass is 127. The molecule has 78 valence electrons. The minimum Gasteiger partial charge on any atom is -0.383 e. The van der Waals surface area contributed by atoms with Crippen LogP contribution in [0.5, 0.6) is 0 Å². The molecule has 2 N–H and O–H groups in total. The normalized spacial score (nSPS) is 11.2. The van der Waals surface area contributed by atoms with Crippen LogP contribution in [-0.2, 0) is 0 Å². The van der Waals surface area contributed by atoms with E-state index in [0.29, 0.717) is 11.7 Å². The predicted molar refractivity (Wildman–Crippen MR) is 70.8 cm³/mol. The van der Waals surface area contributed by atoms with Crippen LogP contribution in [0.1, 0.15) is 25.6 Å². The van der Waals surface area contributed by atoms with Crippen molar-refractivity contribution in [3.63, 3.8) is 0 Å². The molecule has 0 radical (unpaired) electrons. The fourth-order valence-corrected chi connectivity index (χ4v) is 1.89. The fourth-order valence-electron chi connectivity index (χ4n) is 1.40. The number of halogens is 1. The molecule has 0 saturated carbocycles. The van der Waals surface area contributed by atoms with E-state index in [9.17, 15) is 0 Å². The van der Waals surface area contributed by atoms with Gasteiger partial charge < -0.3 is 5.73 Å². The Kier molecular flexibility index (Phi) is 2.77. The average Bonchev–Trinajstić information content (AvgIpc) is 2.18. The summed E-state index contributed by atoms with van der Waals surface area (Å²) in [4.78, 5) is 8.79. The van der Waals surface area contributed by atoms with Crippen molar-refractivity contribution in [1.29, 1.82) is 0 Å². The van der Waals surface area contributed by atoms with Crippen LogP contribution in [0, 0.1) is 3.57 Å². The molecule has 0 aliphatic heterocycles. The van der Waals surface area contributed by atoms with Gasteiger partial charge in [-0.3, -0.25) is 0 Å². The van der Waals surface area contributed by atoms with Crippen molar-refractivity contribution in [2.24, 2.45) is 0 Å². The third-order valence-corrected chi connectivity index (χ3v) is 2.89. The topological polar surface area (TPSA) is 51.8 Å². The van der Waals surface area contributed by atoms with E-state index < -0.39 is 0 Å². The van der Waals surface area contributed by atoms with Gasteiger partial charge in [0.25, 0.3) is 0 Å². The van der Waals surface area contributed by atoms with E-state index in [2.05, 4.69) is 46.4 Å². The van der Waals surface area contributed by atoms with Crippen LogP contribution in [0.15, 0.2) is 18.2 Å². The van der Waals surface area contributed by atoms with Crippen LogP contribution in [0.3, 0.4) is 0 Å². The summed E-state index contributed by atoms with van der Waals surface area (Å²) in [6.07, 6.45) is 0. The maximum Gasteiger partial charge on any atom is 0.135 e. The molecule has 0 spiro atoms. The van der Waals surface area contributed by atoms with Gasteiger partial charge in [-0.25, -0.2) is 9.97 Å². The molecule has 0 unspecified atom stereocenters. The molecule has 15 heavy (non-hydrogen) atoms. The molecule has 0 amide bonds. The highest BCUT2D eigenvalue weighted by Gasteiger charge is 2.08. The van der Waals surface area contributed by atoms with E-state index in [1.54, 1.807) is 0 Å². The van der Waals surface area contributed by atoms with E-state index in [1.807, 2.05) is 18.2 Å². The Hall–Kier alpha value is -0.910. The molecule has 1 aromatic heterocycles. The lowest BCUT2D eigenvalue weighted by Crippen LogP contribution is -2.02. The van der Waals surface area contributed by atoms with E-state index in [4.69, 9.17) is 5.73 Å². The molecule has 1 aromatic carbocycles. The fraction of sp³-hybridized carbons (Fsp3) is 0.273. The zero-order valence-corrected chi connectivity index (χ0v) is 10.8. The summed E-state index contributed by atoms with van der Waals surface area (Å²) in [5.41, 5.74) is 6.83. The number of nitrogen functional groups attached to an aromatic ring is 1. The Bertz CT molecular complexity index is 508. The number of aromatic nitrogens is 2. The molecule has 2 rings (SSSR count). The smallest absolute Gasteiger partial charge is 0.135 e. The van der Waals surface area contributed by atoms with Crippen LogP contribution in [0.4, 0.5) is 5.82 Å². The summed E-state index contributed by atoms with van der Waals surface area (Å²) in [6, 6.07) is 6.02. The van der Waals surface area contributed by atoms with Crippen LogP contribution in [0.25, 0.3) is 10.9 Å². The number of benzene rings is 1. The Morgan fingerprint density at radius 1 is 1.27 bits per heavy atom. The van der Waals surface area contributed by atoms with Crippen molar-refractivity contribution in [3.05, 3.63) is 27.6 Å². The van der Waals surface area contributed by atoms with E-state index in [-0.39, 0.29) is 0 Å². The molecule has 0 bridgehead atoms. The lowest BCUT2D eigenvalue weighted by molar-refractivity contribution is 0.785. The first-order valence-corrected chi connectivity index (χ1v) is 5.88. The summed E-state index contributed by atoms with van der Waals surface area (Å²) in [7, 11) is 0. The highest BCUT2D eigenvalue weighted by Crippen LogP contribution is 2.22. The summed E-state index contributed by atoms with van der Waals surface area (Å²) >= 11 is 2.26. The predicted octanol–water partition coefficient (Wildman–Crippen LogP) is 2.94. The van der Waals surface area contributed by atoms with E-state index in [0.717, 1.165) is 20.3 Å². The molecular weight excluding hydrogens is 301 g/mol. The molecule has 0 fully saturated rings. The van der Waals surface area contributed by atoms with Gasteiger partial charge in [0.2, 0.25) is 0 Å². The van der Waals surface area contributed by atoms with E-state index >= 15 is 0 Å². The first-order valence-electron chi connectivity index (χ1n) is 4.80. The van der Waals surface area contributed by atoms with Crippen molar-refractivity contribution in [2.45, 2.75) is 19.8 Å². The Balaban J connectivity index is 2.73. The summed E-state index contributed by atoms with van der Waals surface area (Å²) in [5, 5.41) is 0.936. The second kappa shape index (κ2) is 3.92. The van der Waals surface area contributed by atoms with Crippen molar-refractivity contribution in [2.75, 3.05) is 5.73 Å². The van der Waals surface area contributed by atoms with Gasteiger partial charge in [0.05, 0.1) is 5.52 Å². The largest absolute Gasteiger partial charge is 0.383 e. The third kappa shape index (κ3) is 2.04. The van der Waals surface area contributed by atoms with Gasteiger partial charge in [0.1, 0.15) is 11.6 Å². The first-order chi connectivity index (χ1) is 7.08. The molecule has 1 heterocycles. The number of nitrogens with zero attached hydrogens (tertiary/aromatic N) is 2. The molecule has 3 nitrogen and oxygen atoms in total. The number of rotatable bonds is 1. The molecule has 0 aliphatic rings. The van der Waals surface area contributed by atoms with Gasteiger partial charge in [-0.15, -0.1) is 0 Å². The van der Waals surface area contributed by atoms with Crippen LogP contribution in [0.2, 0.25) is 0 Å². The summed E-state index contributed by atoms with van der Waals surface area (Å²) in [6.45, 7) is 4.13. The zero-order valence-electron chi connectivity index (χ0n) is 8.66. The standard InChI is InChI=1S/C11H12IN3/c1-6(2)11-14-9-4-3-7(12)5-8(9)10(13)15-11/h3-6H,1-2H3,(H2,13,14,15). The van der Waals surface area contributed by atoms with Gasteiger partial charge >= 0.3 is 0 Å². The number of hydrogen-bond donors (Lipinski definition) is 1. The van der Waals surface area contributed by atoms with Crippen molar-refractivity contribution in [3.8, 4) is 0 Å². The number of nitrogens with two attached hydrogens (primary N) is 1. The Morgan fingerprint density at radius 3 is 2.67 bits per heavy atom. The van der Waals surface area contributed by atoms with Crippen molar-refractivity contribution >= 4 is 39.3 Å². The first kappa shape index (κ1) is 10.6. The molecule has 4 heteroatoms. The summed E-state index contributed by atoms with van der Waals surface area (Å²) in [5.74, 6) is 1.68. The number of fused-ring (bicyclic) bond motifs is 1. The SMILES string of the molecule is CC(C)c1nc(N)c2cc(I)ccc2n1. The maximum atomic E-state index is 5.91. The summed E-state index contributed by atoms with van der Waals surface area (Å²) < 4.78 is 1.15. The van der Waals surface area contributed by atoms with E-state index in [1.165, 1.54) is 0 Å². The molecule has 0 saturated heterocycles. The lowest BCUT2D eigenvalue weighted by Gasteiger charge is -2.07. The van der Waals surface area contributed by atoms with Crippen LogP contribution >= 0.6 is 22.6 Å². The Labute approximate surface area is 102 Å². The molecule has 2 aromatic rings. The number of hydrogen-bond acceptors (Lipinski definition) is 3. The highest BCUT2D eigenvalue weighted by molar-refractivity contribution is 14.1. The third-order valence-electron chi connectivity index (χ3n) is 2.22. The minimum absolute atomic E-state index is 0.302. The second-order valence-electron chi connectivity index (χ2n) is 3.78. The van der Waals surface area contributed by atoms with Gasteiger partial charge in [0, 0.05) is 14.9 Å². The van der Waals surface area contributed by atoms with Gasteiger partial charge in [0.15, 0.2) is 0 Å².